The van der Waals surface area contributed by atoms with E-state index in [-0.39, 0.29) is 42.6 Å². The van der Waals surface area contributed by atoms with Gasteiger partial charge in [-0.1, -0.05) is 13.0 Å². The fraction of sp³-hybridized carbons (Fsp3) is 0.458. The maximum Gasteiger partial charge on any atom is 0.265 e. The topological polar surface area (TPSA) is 97.0 Å². The lowest BCUT2D eigenvalue weighted by atomic mass is 9.94. The number of rotatable bonds is 6. The second-order valence-electron chi connectivity index (χ2n) is 8.36. The highest BCUT2D eigenvalue weighted by Gasteiger charge is 2.39. The van der Waals surface area contributed by atoms with Crippen LogP contribution in [0.4, 0.5) is 5.69 Å². The maximum atomic E-state index is 13.3. The standard InChI is InChI=1S/C24H29N3O5S/c1-3-10-25-22(28)13-16-7-8-18-20(32-16)14-31-19-9-6-15(12-17(19)24(30)27(18)2)26-23(29)21-5-4-11-33-21/h4-6,9,11-12,16,18,20H,3,7-8,10,13-14H2,1-2H3,(H,25,28)(H,26,29)/t16-,18-,20-/m1/s1. The van der Waals surface area contributed by atoms with Crippen LogP contribution in [0.15, 0.2) is 35.7 Å². The molecule has 0 aliphatic carbocycles. The number of carbonyl (C=O) groups excluding carboxylic acids is 3. The van der Waals surface area contributed by atoms with E-state index < -0.39 is 0 Å². The van der Waals surface area contributed by atoms with Crippen molar-refractivity contribution in [2.75, 3.05) is 25.5 Å². The Balaban J connectivity index is 1.46. The highest BCUT2D eigenvalue weighted by Crippen LogP contribution is 2.32. The molecule has 0 saturated carbocycles. The minimum Gasteiger partial charge on any atom is -0.490 e. The number of anilines is 1. The zero-order valence-electron chi connectivity index (χ0n) is 18.8. The number of nitrogens with zero attached hydrogens (tertiary/aromatic N) is 1. The number of likely N-dealkylation sites (N-methyl/N-ethyl adjacent to an activating group) is 1. The zero-order chi connectivity index (χ0) is 23.4. The quantitative estimate of drug-likeness (QED) is 0.674. The smallest absolute Gasteiger partial charge is 0.265 e. The summed E-state index contributed by atoms with van der Waals surface area (Å²) in [4.78, 5) is 40.1. The Morgan fingerprint density at radius 3 is 2.85 bits per heavy atom. The first kappa shape index (κ1) is 23.3. The third-order valence-corrected chi connectivity index (χ3v) is 6.87. The predicted molar refractivity (Wildman–Crippen MR) is 126 cm³/mol. The molecule has 0 bridgehead atoms. The number of ether oxygens (including phenoxy) is 2. The number of hydrogen-bond donors (Lipinski definition) is 2. The molecule has 2 aliphatic rings. The second kappa shape index (κ2) is 10.4. The van der Waals surface area contributed by atoms with E-state index in [4.69, 9.17) is 9.47 Å². The molecule has 1 saturated heterocycles. The van der Waals surface area contributed by atoms with Gasteiger partial charge >= 0.3 is 0 Å². The first-order chi connectivity index (χ1) is 16.0. The summed E-state index contributed by atoms with van der Waals surface area (Å²) in [6.07, 6.45) is 2.12. The molecule has 176 valence electrons. The van der Waals surface area contributed by atoms with Crippen LogP contribution in [-0.2, 0) is 9.53 Å². The highest BCUT2D eigenvalue weighted by molar-refractivity contribution is 7.12. The van der Waals surface area contributed by atoms with E-state index in [1.165, 1.54) is 11.3 Å². The Hall–Kier alpha value is -2.91. The van der Waals surface area contributed by atoms with Crippen LogP contribution in [0.1, 0.15) is 52.6 Å². The van der Waals surface area contributed by atoms with Crippen LogP contribution in [0, 0.1) is 0 Å². The van der Waals surface area contributed by atoms with Gasteiger partial charge in [0.15, 0.2) is 0 Å². The summed E-state index contributed by atoms with van der Waals surface area (Å²) >= 11 is 1.36. The Kier molecular flexibility index (Phi) is 7.29. The van der Waals surface area contributed by atoms with Gasteiger partial charge in [-0.05, 0) is 48.9 Å². The van der Waals surface area contributed by atoms with Crippen LogP contribution >= 0.6 is 11.3 Å². The molecule has 2 aromatic rings. The number of nitrogens with one attached hydrogen (secondary N) is 2. The highest BCUT2D eigenvalue weighted by atomic mass is 32.1. The van der Waals surface area contributed by atoms with Gasteiger partial charge in [0.1, 0.15) is 18.5 Å². The van der Waals surface area contributed by atoms with Crippen molar-refractivity contribution in [3.8, 4) is 5.75 Å². The van der Waals surface area contributed by atoms with Crippen LogP contribution in [0.5, 0.6) is 5.75 Å². The Labute approximate surface area is 197 Å². The Morgan fingerprint density at radius 1 is 1.24 bits per heavy atom. The SMILES string of the molecule is CCCNC(=O)C[C@H]1CC[C@@H]2[C@@H](COc3ccc(NC(=O)c4cccs4)cc3C(=O)N2C)O1. The molecule has 2 N–H and O–H groups in total. The minimum absolute atomic E-state index is 0.0148. The predicted octanol–water partition coefficient (Wildman–Crippen LogP) is 3.30. The Bertz CT molecular complexity index is 1010. The van der Waals surface area contributed by atoms with Crippen molar-refractivity contribution in [2.24, 2.45) is 0 Å². The third-order valence-electron chi connectivity index (χ3n) is 6.00. The van der Waals surface area contributed by atoms with Crippen LogP contribution in [0.3, 0.4) is 0 Å². The maximum absolute atomic E-state index is 13.3. The van der Waals surface area contributed by atoms with Crippen molar-refractivity contribution in [3.63, 3.8) is 0 Å². The van der Waals surface area contributed by atoms with Crippen molar-refractivity contribution in [1.29, 1.82) is 0 Å². The van der Waals surface area contributed by atoms with Gasteiger partial charge in [0, 0.05) is 19.3 Å². The fourth-order valence-corrected chi connectivity index (χ4v) is 4.87. The van der Waals surface area contributed by atoms with E-state index in [0.717, 1.165) is 12.8 Å². The first-order valence-electron chi connectivity index (χ1n) is 11.3. The van der Waals surface area contributed by atoms with Gasteiger partial charge in [-0.3, -0.25) is 14.4 Å². The molecule has 9 heteroatoms. The van der Waals surface area contributed by atoms with Gasteiger partial charge in [0.2, 0.25) is 5.91 Å². The minimum atomic E-state index is -0.317. The zero-order valence-corrected chi connectivity index (χ0v) is 19.7. The molecule has 2 aliphatic heterocycles. The summed E-state index contributed by atoms with van der Waals surface area (Å²) in [5.41, 5.74) is 0.939. The van der Waals surface area contributed by atoms with Gasteiger partial charge in [0.05, 0.1) is 29.0 Å². The van der Waals surface area contributed by atoms with Gasteiger partial charge in [0.25, 0.3) is 11.8 Å². The molecule has 0 spiro atoms. The van der Waals surface area contributed by atoms with E-state index in [9.17, 15) is 14.4 Å². The number of fused-ring (bicyclic) bond motifs is 2. The van der Waals surface area contributed by atoms with Crippen molar-refractivity contribution in [1.82, 2.24) is 10.2 Å². The average Bonchev–Trinajstić information content (AvgIpc) is 3.36. The molecule has 0 unspecified atom stereocenters. The van der Waals surface area contributed by atoms with Gasteiger partial charge in [-0.25, -0.2) is 0 Å². The summed E-state index contributed by atoms with van der Waals surface area (Å²) in [5, 5.41) is 7.57. The number of thiophene rings is 1. The van der Waals surface area contributed by atoms with Gasteiger partial charge in [-0.2, -0.15) is 0 Å². The fourth-order valence-electron chi connectivity index (χ4n) is 4.25. The first-order valence-corrected chi connectivity index (χ1v) is 12.1. The van der Waals surface area contributed by atoms with Crippen molar-refractivity contribution < 1.29 is 23.9 Å². The molecule has 4 rings (SSSR count). The van der Waals surface area contributed by atoms with E-state index in [0.29, 0.717) is 41.3 Å². The summed E-state index contributed by atoms with van der Waals surface area (Å²) < 4.78 is 12.2. The molecule has 1 fully saturated rings. The number of carbonyl (C=O) groups is 3. The van der Waals surface area contributed by atoms with Crippen molar-refractivity contribution in [3.05, 3.63) is 46.2 Å². The third kappa shape index (κ3) is 5.36. The van der Waals surface area contributed by atoms with Crippen LogP contribution in [0.2, 0.25) is 0 Å². The number of amides is 3. The molecule has 3 atom stereocenters. The lowest BCUT2D eigenvalue weighted by molar-refractivity contribution is -0.134. The summed E-state index contributed by atoms with van der Waals surface area (Å²) in [6, 6.07) is 8.50. The lowest BCUT2D eigenvalue weighted by Gasteiger charge is -2.42. The average molecular weight is 472 g/mol. The molecule has 0 radical (unpaired) electrons. The van der Waals surface area contributed by atoms with Crippen LogP contribution < -0.4 is 15.4 Å². The molecule has 1 aromatic heterocycles. The number of benzene rings is 1. The van der Waals surface area contributed by atoms with Gasteiger partial charge in [-0.15, -0.1) is 11.3 Å². The normalized spacial score (nSPS) is 22.3. The molecular weight excluding hydrogens is 442 g/mol. The molecule has 1 aromatic carbocycles. The molecule has 3 heterocycles. The Morgan fingerprint density at radius 2 is 2.09 bits per heavy atom. The molecular formula is C24H29N3O5S. The van der Waals surface area contributed by atoms with Crippen LogP contribution in [-0.4, -0.2) is 61.1 Å². The van der Waals surface area contributed by atoms with E-state index >= 15 is 0 Å². The molecule has 8 nitrogen and oxygen atoms in total. The van der Waals surface area contributed by atoms with Crippen molar-refractivity contribution in [2.45, 2.75) is 50.9 Å². The van der Waals surface area contributed by atoms with E-state index in [1.807, 2.05) is 18.4 Å². The summed E-state index contributed by atoms with van der Waals surface area (Å²) in [5.74, 6) is 0.0340. The number of hydrogen-bond acceptors (Lipinski definition) is 6. The van der Waals surface area contributed by atoms with Gasteiger partial charge < -0.3 is 25.0 Å². The molecule has 33 heavy (non-hydrogen) atoms. The summed E-state index contributed by atoms with van der Waals surface area (Å²) in [7, 11) is 1.77. The largest absolute Gasteiger partial charge is 0.490 e. The van der Waals surface area contributed by atoms with Crippen molar-refractivity contribution >= 4 is 34.7 Å². The lowest BCUT2D eigenvalue weighted by Crippen LogP contribution is -2.54. The summed E-state index contributed by atoms with van der Waals surface area (Å²) in [6.45, 7) is 2.95. The van der Waals surface area contributed by atoms with Crippen LogP contribution in [0.25, 0.3) is 0 Å². The second-order valence-corrected chi connectivity index (χ2v) is 9.31. The van der Waals surface area contributed by atoms with E-state index in [2.05, 4.69) is 10.6 Å². The van der Waals surface area contributed by atoms with E-state index in [1.54, 1.807) is 36.2 Å². The molecule has 3 amide bonds. The monoisotopic (exact) mass is 471 g/mol.